The number of fused-ring (bicyclic) bond motifs is 1. The Kier molecular flexibility index (Phi) is 3.69. The third kappa shape index (κ3) is 2.10. The Balaban J connectivity index is 0.00000128. The number of amides is 1. The van der Waals surface area contributed by atoms with E-state index in [2.05, 4.69) is 5.32 Å². The number of rotatable bonds is 3. The first kappa shape index (κ1) is 13.5. The number of piperidine rings is 1. The van der Waals surface area contributed by atoms with Crippen molar-refractivity contribution >= 4 is 18.3 Å². The lowest BCUT2D eigenvalue weighted by atomic mass is 10.3. The molecule has 1 amide bonds. The van der Waals surface area contributed by atoms with Gasteiger partial charge in [0.2, 0.25) is 0 Å². The van der Waals surface area contributed by atoms with E-state index in [0.29, 0.717) is 13.1 Å². The molecule has 2 unspecified atom stereocenters. The van der Waals surface area contributed by atoms with Gasteiger partial charge >= 0.3 is 12.3 Å². The summed E-state index contributed by atoms with van der Waals surface area (Å²) >= 11 is 0. The first-order valence-electron chi connectivity index (χ1n) is 4.62. The predicted molar refractivity (Wildman–Crippen MR) is 50.0 cm³/mol. The fourth-order valence-corrected chi connectivity index (χ4v) is 1.98. The third-order valence-electron chi connectivity index (χ3n) is 2.97. The molecule has 0 aromatic rings. The van der Waals surface area contributed by atoms with Gasteiger partial charge in [-0.1, -0.05) is 0 Å². The smallest absolute Gasteiger partial charge is 0.347 e. The van der Waals surface area contributed by atoms with Crippen LogP contribution in [0.5, 0.6) is 0 Å². The summed E-state index contributed by atoms with van der Waals surface area (Å²) in [5, 5.41) is 4.97. The average molecular weight is 263 g/mol. The summed E-state index contributed by atoms with van der Waals surface area (Å²) in [6.45, 7) is 1.30. The lowest BCUT2D eigenvalue weighted by molar-refractivity contribution is -0.169. The molecule has 2 aliphatic rings. The summed E-state index contributed by atoms with van der Waals surface area (Å²) in [5.41, 5.74) is 0. The summed E-state index contributed by atoms with van der Waals surface area (Å²) in [4.78, 5) is 10.8. The third-order valence-corrected chi connectivity index (χ3v) is 2.97. The molecule has 0 radical (unpaired) electrons. The summed E-state index contributed by atoms with van der Waals surface area (Å²) in [5.74, 6) is -6.19. The Labute approximate surface area is 95.4 Å². The standard InChI is InChI=1S/C8H10F4N2O.ClH/c9-6(10)8(11,12)7(15)14-5-3-1-13-2-4(3)5;/h3-6,13H,1-2H2,(H,14,15);1H. The Morgan fingerprint density at radius 2 is 1.81 bits per heavy atom. The summed E-state index contributed by atoms with van der Waals surface area (Å²) in [6, 6.07) is -0.358. The molecule has 1 heterocycles. The molecule has 0 aromatic heterocycles. The van der Waals surface area contributed by atoms with Crippen molar-refractivity contribution in [3.63, 3.8) is 0 Å². The number of halogens is 5. The molecule has 1 aliphatic heterocycles. The van der Waals surface area contributed by atoms with Gasteiger partial charge < -0.3 is 10.6 Å². The van der Waals surface area contributed by atoms with E-state index in [1.165, 1.54) is 0 Å². The number of nitrogens with one attached hydrogen (secondary N) is 2. The molecule has 1 saturated heterocycles. The maximum atomic E-state index is 12.5. The Morgan fingerprint density at radius 3 is 2.25 bits per heavy atom. The predicted octanol–water partition coefficient (Wildman–Crippen LogP) is 0.643. The zero-order chi connectivity index (χ0) is 11.2. The van der Waals surface area contributed by atoms with Gasteiger partial charge in [0, 0.05) is 19.1 Å². The van der Waals surface area contributed by atoms with Crippen molar-refractivity contribution in [1.82, 2.24) is 10.6 Å². The first-order valence-corrected chi connectivity index (χ1v) is 4.62. The van der Waals surface area contributed by atoms with Crippen LogP contribution in [0.15, 0.2) is 0 Å². The van der Waals surface area contributed by atoms with Gasteiger partial charge in [0.15, 0.2) is 0 Å². The number of carbonyl (C=O) groups is 1. The van der Waals surface area contributed by atoms with Crippen molar-refractivity contribution in [2.45, 2.75) is 18.4 Å². The van der Waals surface area contributed by atoms with E-state index in [1.807, 2.05) is 5.32 Å². The molecule has 2 N–H and O–H groups in total. The van der Waals surface area contributed by atoms with Crippen LogP contribution in [0, 0.1) is 11.8 Å². The number of hydrogen-bond donors (Lipinski definition) is 2. The van der Waals surface area contributed by atoms with Crippen molar-refractivity contribution in [2.24, 2.45) is 11.8 Å². The minimum absolute atomic E-state index is 0. The molecule has 2 rings (SSSR count). The van der Waals surface area contributed by atoms with E-state index >= 15 is 0 Å². The highest BCUT2D eigenvalue weighted by molar-refractivity contribution is 5.85. The highest BCUT2D eigenvalue weighted by Crippen LogP contribution is 2.42. The molecule has 2 atom stereocenters. The summed E-state index contributed by atoms with van der Waals surface area (Å²) in [7, 11) is 0. The normalized spacial score (nSPS) is 31.9. The van der Waals surface area contributed by atoms with E-state index in [1.54, 1.807) is 0 Å². The molecule has 1 aliphatic carbocycles. The second-order valence-corrected chi connectivity index (χ2v) is 3.91. The first-order chi connectivity index (χ1) is 6.94. The van der Waals surface area contributed by atoms with Crippen LogP contribution in [-0.2, 0) is 4.79 Å². The number of carbonyl (C=O) groups excluding carboxylic acids is 1. The average Bonchev–Trinajstić information content (AvgIpc) is 2.63. The van der Waals surface area contributed by atoms with Gasteiger partial charge in [-0.25, -0.2) is 8.78 Å². The van der Waals surface area contributed by atoms with E-state index in [-0.39, 0.29) is 30.3 Å². The van der Waals surface area contributed by atoms with Gasteiger partial charge in [-0.2, -0.15) is 8.78 Å². The molecule has 1 saturated carbocycles. The van der Waals surface area contributed by atoms with Gasteiger partial charge in [0.1, 0.15) is 0 Å². The van der Waals surface area contributed by atoms with Crippen LogP contribution in [0.2, 0.25) is 0 Å². The zero-order valence-electron chi connectivity index (χ0n) is 8.05. The highest BCUT2D eigenvalue weighted by atomic mass is 35.5. The molecular weight excluding hydrogens is 252 g/mol. The molecule has 0 spiro atoms. The Bertz CT molecular complexity index is 279. The van der Waals surface area contributed by atoms with Gasteiger partial charge in [-0.05, 0) is 11.8 Å². The molecule has 2 fully saturated rings. The monoisotopic (exact) mass is 262 g/mol. The van der Waals surface area contributed by atoms with E-state index in [4.69, 9.17) is 0 Å². The van der Waals surface area contributed by atoms with Crippen LogP contribution in [0.1, 0.15) is 0 Å². The van der Waals surface area contributed by atoms with Crippen LogP contribution in [0.3, 0.4) is 0 Å². The second-order valence-electron chi connectivity index (χ2n) is 3.91. The summed E-state index contributed by atoms with van der Waals surface area (Å²) in [6.07, 6.45) is -3.95. The van der Waals surface area contributed by atoms with Gasteiger partial charge in [0.05, 0.1) is 0 Å². The molecule has 8 heteroatoms. The summed E-state index contributed by atoms with van der Waals surface area (Å²) < 4.78 is 48.7. The van der Waals surface area contributed by atoms with Gasteiger partial charge in [-0.3, -0.25) is 4.79 Å². The number of hydrogen-bond acceptors (Lipinski definition) is 2. The van der Waals surface area contributed by atoms with Crippen molar-refractivity contribution in [2.75, 3.05) is 13.1 Å². The largest absolute Gasteiger partial charge is 0.383 e. The van der Waals surface area contributed by atoms with E-state index < -0.39 is 18.3 Å². The Morgan fingerprint density at radius 1 is 1.31 bits per heavy atom. The van der Waals surface area contributed by atoms with Crippen molar-refractivity contribution in [1.29, 1.82) is 0 Å². The van der Waals surface area contributed by atoms with E-state index in [9.17, 15) is 22.4 Å². The second kappa shape index (κ2) is 4.37. The highest BCUT2D eigenvalue weighted by Gasteiger charge is 2.57. The van der Waals surface area contributed by atoms with Crippen molar-refractivity contribution in [3.8, 4) is 0 Å². The van der Waals surface area contributed by atoms with E-state index in [0.717, 1.165) is 0 Å². The maximum absolute atomic E-state index is 12.5. The molecule has 94 valence electrons. The van der Waals surface area contributed by atoms with Gasteiger partial charge in [0.25, 0.3) is 5.91 Å². The minimum Gasteiger partial charge on any atom is -0.347 e. The zero-order valence-corrected chi connectivity index (χ0v) is 8.87. The molecule has 16 heavy (non-hydrogen) atoms. The topological polar surface area (TPSA) is 41.1 Å². The molecular formula is C8H11ClF4N2O. The van der Waals surface area contributed by atoms with Crippen LogP contribution in [-0.4, -0.2) is 37.4 Å². The molecule has 0 aromatic carbocycles. The van der Waals surface area contributed by atoms with Gasteiger partial charge in [-0.15, -0.1) is 12.4 Å². The van der Waals surface area contributed by atoms with Crippen molar-refractivity contribution in [3.05, 3.63) is 0 Å². The quantitative estimate of drug-likeness (QED) is 0.733. The van der Waals surface area contributed by atoms with Crippen LogP contribution in [0.25, 0.3) is 0 Å². The SMILES string of the molecule is Cl.O=C(NC1C2CNCC21)C(F)(F)C(F)F. The van der Waals surface area contributed by atoms with Crippen LogP contribution >= 0.6 is 12.4 Å². The van der Waals surface area contributed by atoms with Crippen LogP contribution < -0.4 is 10.6 Å². The molecule has 0 bridgehead atoms. The maximum Gasteiger partial charge on any atom is 0.383 e. The molecule has 3 nitrogen and oxygen atoms in total. The minimum atomic E-state index is -4.58. The number of alkyl halides is 4. The van der Waals surface area contributed by atoms with Crippen molar-refractivity contribution < 1.29 is 22.4 Å². The lowest BCUT2D eigenvalue weighted by Gasteiger charge is -2.15. The lowest BCUT2D eigenvalue weighted by Crippen LogP contribution is -2.47. The fraction of sp³-hybridized carbons (Fsp3) is 0.875. The van der Waals surface area contributed by atoms with Crippen LogP contribution in [0.4, 0.5) is 17.6 Å². The Hall–Kier alpha value is -0.560. The fourth-order valence-electron chi connectivity index (χ4n) is 1.98.